The second kappa shape index (κ2) is 36.4. The van der Waals surface area contributed by atoms with Gasteiger partial charge in [0, 0.05) is 68.3 Å². The van der Waals surface area contributed by atoms with Gasteiger partial charge in [0.1, 0.15) is 78.9 Å². The van der Waals surface area contributed by atoms with Gasteiger partial charge in [0.05, 0.1) is 39.1 Å². The van der Waals surface area contributed by atoms with E-state index >= 15 is 0 Å². The first-order chi connectivity index (χ1) is 48.4. The number of aromatic nitrogens is 8. The van der Waals surface area contributed by atoms with Crippen LogP contribution in [0.4, 0.5) is 11.6 Å². The number of thiol groups is 2. The van der Waals surface area contributed by atoms with Crippen LogP contribution in [0.15, 0.2) is 25.3 Å². The number of ether oxygens (including phenoxy) is 2. The van der Waals surface area contributed by atoms with Crippen molar-refractivity contribution in [3.05, 3.63) is 25.3 Å². The number of amides is 4. The maximum atomic E-state index is 13.2. The fourth-order valence-corrected chi connectivity index (χ4v) is 21.9. The Morgan fingerprint density at radius 1 is 0.562 bits per heavy atom. The van der Waals surface area contributed by atoms with E-state index in [1.54, 1.807) is 0 Å². The number of aliphatic carboxylic acids is 1. The highest BCUT2D eigenvalue weighted by Crippen LogP contribution is 2.63. The Morgan fingerprint density at radius 2 is 0.924 bits per heavy atom. The average Bonchev–Trinajstić information content (AvgIpc) is 1.62. The van der Waals surface area contributed by atoms with Crippen molar-refractivity contribution in [2.24, 2.45) is 10.8 Å². The fraction of sp³-hybridized carbons (Fsp3) is 0.638. The molecule has 21 N–H and O–H groups in total. The maximum absolute atomic E-state index is 13.2. The molecule has 0 aromatic carbocycles. The predicted octanol–water partition coefficient (Wildman–Crippen LogP) is -3.71. The Labute approximate surface area is 596 Å². The molecule has 2 aliphatic rings. The Bertz CT molecular complexity index is 4120. The second-order valence-electron chi connectivity index (χ2n) is 23.9. The highest BCUT2D eigenvalue weighted by Gasteiger charge is 2.53. The lowest BCUT2D eigenvalue weighted by molar-refractivity contribution is -0.139. The van der Waals surface area contributed by atoms with Gasteiger partial charge in [0.15, 0.2) is 45.6 Å². The molecular formula is C47H78N14O36P6S2. The number of aliphatic hydroxyl groups excluding tert-OH is 4. The smallest absolute Gasteiger partial charge is 0.481 e. The van der Waals surface area contributed by atoms with Gasteiger partial charge in [-0.1, -0.05) is 27.7 Å². The molecule has 0 radical (unpaired) electrons. The topological polar surface area (TPSA) is 765 Å². The van der Waals surface area contributed by atoms with Crippen molar-refractivity contribution in [2.75, 3.05) is 75.6 Å². The molecule has 0 bridgehead atoms. The van der Waals surface area contributed by atoms with E-state index < -0.39 is 238 Å². The van der Waals surface area contributed by atoms with Crippen LogP contribution in [0.5, 0.6) is 0 Å². The van der Waals surface area contributed by atoms with Crippen LogP contribution in [0.3, 0.4) is 0 Å². The summed E-state index contributed by atoms with van der Waals surface area (Å²) in [6.07, 6.45) is -16.7. The standard InChI is InChI=1S/C47H78N14O36P6S2/c1-23(62)104(12-10-50-26(63)6-8-52-42(72)36(70)46(2,3)17-90-102(84,85)96-100(80,81)88-15-24-34(94-98(74,75)76)32(68)44(92-24)60-21-58-30-38(48)54-19-56-40(30)60)105(29(67)14-28(65)66)13-11-51-27(64)7-9-53-43(73)37(71)47(4,5)18-91-103(86,87)97-101(82,83)89-16-25-35(95-99(77,78)79)33(69)45(93-25)61-22-59-31-39(49)55-20-57-41(31)61/h19-22,24-25,32-37,44-45,68-71,104-105H,6-18H2,1-5H3,(H,50,63)(H,51,64)(H,52,72)(H,53,73)(H,65,66)(H,80,81)(H,82,83)(H,84,85)(H,86,87)(H2,48,54,56)(H2,49,55,57)(H2,74,75,76)(H2,77,78,79)/t24-,25-,32-,33-,34-,35-,36?,37?,44-,45-/m1/s1. The van der Waals surface area contributed by atoms with Crippen molar-refractivity contribution in [2.45, 2.75) is 115 Å². The number of imidazole rings is 2. The number of phosphoric acid groups is 6. The van der Waals surface area contributed by atoms with E-state index in [9.17, 15) is 126 Å². The number of carbonyl (C=O) groups excluding carboxylic acids is 6. The van der Waals surface area contributed by atoms with Gasteiger partial charge in [-0.2, -0.15) is 28.5 Å². The zero-order valence-electron chi connectivity index (χ0n) is 55.3. The molecule has 8 unspecified atom stereocenters. The first-order valence-electron chi connectivity index (χ1n) is 30.0. The van der Waals surface area contributed by atoms with Crippen LogP contribution in [0.1, 0.15) is 66.3 Å². The number of hydrogen-bond donors (Lipinski definition) is 21. The predicted molar refractivity (Wildman–Crippen MR) is 355 cm³/mol. The van der Waals surface area contributed by atoms with Crippen LogP contribution in [-0.4, -0.2) is 256 Å². The van der Waals surface area contributed by atoms with E-state index in [-0.39, 0.29) is 58.6 Å². The summed E-state index contributed by atoms with van der Waals surface area (Å²) in [4.78, 5) is 192. The molecule has 2 saturated heterocycles. The molecule has 594 valence electrons. The van der Waals surface area contributed by atoms with Gasteiger partial charge in [-0.25, -0.2) is 57.3 Å². The number of anilines is 2. The highest BCUT2D eigenvalue weighted by atomic mass is 33.2. The first-order valence-corrected chi connectivity index (χ1v) is 42.8. The van der Waals surface area contributed by atoms with Crippen LogP contribution in [0, 0.1) is 10.8 Å². The third kappa shape index (κ3) is 25.9. The lowest BCUT2D eigenvalue weighted by Crippen LogP contribution is -2.46. The zero-order chi connectivity index (χ0) is 78.8. The van der Waals surface area contributed by atoms with Crippen molar-refractivity contribution in [1.29, 1.82) is 0 Å². The summed E-state index contributed by atoms with van der Waals surface area (Å²) in [6, 6.07) is 0. The van der Waals surface area contributed by atoms with Gasteiger partial charge in [-0.05, 0) is 0 Å². The van der Waals surface area contributed by atoms with Crippen LogP contribution in [0.2, 0.25) is 0 Å². The van der Waals surface area contributed by atoms with E-state index in [0.29, 0.717) is 0 Å². The summed E-state index contributed by atoms with van der Waals surface area (Å²) in [5.41, 5.74) is 7.94. The number of carbonyl (C=O) groups is 7. The first kappa shape index (κ1) is 88.5. The Hall–Kier alpha value is -5.41. The Kier molecular flexibility index (Phi) is 30.7. The van der Waals surface area contributed by atoms with Crippen LogP contribution < -0.4 is 32.7 Å². The van der Waals surface area contributed by atoms with Crippen LogP contribution in [-0.2, 0) is 106 Å². The summed E-state index contributed by atoms with van der Waals surface area (Å²) in [5.74, 6) is -5.94. The Morgan fingerprint density at radius 3 is 1.28 bits per heavy atom. The minimum absolute atomic E-state index is 0.0263. The van der Waals surface area contributed by atoms with Gasteiger partial charge in [-0.3, -0.25) is 69.8 Å². The highest BCUT2D eigenvalue weighted by molar-refractivity contribution is 9.02. The van der Waals surface area contributed by atoms with Crippen molar-refractivity contribution < 1.29 is 171 Å². The molecule has 4 aromatic rings. The number of phosphoric ester groups is 6. The quantitative estimate of drug-likeness (QED) is 0.00882. The lowest BCUT2D eigenvalue weighted by Gasteiger charge is -2.31. The van der Waals surface area contributed by atoms with E-state index in [2.05, 4.69) is 68.8 Å². The molecule has 16 atom stereocenters. The molecule has 4 amide bonds. The molecule has 6 rings (SSSR count). The molecule has 2 aliphatic heterocycles. The largest absolute Gasteiger partial charge is 0.481 e. The number of fused-ring (bicyclic) bond motifs is 2. The number of rotatable bonds is 40. The molecule has 105 heavy (non-hydrogen) atoms. The Balaban J connectivity index is 0.893. The molecule has 50 nitrogen and oxygen atoms in total. The normalized spacial score (nSPS) is 23.4. The van der Waals surface area contributed by atoms with Gasteiger partial charge >= 0.3 is 52.9 Å². The van der Waals surface area contributed by atoms with Gasteiger partial charge in [0.2, 0.25) is 23.6 Å². The maximum Gasteiger partial charge on any atom is 0.481 e. The fourth-order valence-electron chi connectivity index (χ4n) is 9.53. The zero-order valence-corrected chi connectivity index (χ0v) is 62.4. The molecule has 58 heteroatoms. The van der Waals surface area contributed by atoms with Crippen molar-refractivity contribution in [3.63, 3.8) is 0 Å². The van der Waals surface area contributed by atoms with E-state index in [1.165, 1.54) is 0 Å². The summed E-state index contributed by atoms with van der Waals surface area (Å²) >= 11 is 0. The molecule has 6 heterocycles. The minimum atomic E-state index is -5.72. The van der Waals surface area contributed by atoms with Gasteiger partial charge in [-0.15, -0.1) is 0 Å². The molecule has 0 saturated carbocycles. The molecule has 0 aliphatic carbocycles. The molecule has 4 aromatic heterocycles. The number of nitrogens with zero attached hydrogens (tertiary/aromatic N) is 8. The number of nitrogen functional groups attached to an aromatic ring is 2. The number of carboxylic acid groups (broad SMARTS) is 1. The molecular weight excluding hydrogens is 1590 g/mol. The van der Waals surface area contributed by atoms with Crippen LogP contribution in [0.25, 0.3) is 22.3 Å². The summed E-state index contributed by atoms with van der Waals surface area (Å²) < 4.78 is 125. The van der Waals surface area contributed by atoms with Gasteiger partial charge in [0.25, 0.3) is 0 Å². The average molecular weight is 1670 g/mol. The van der Waals surface area contributed by atoms with Crippen molar-refractivity contribution >= 4 is 141 Å². The lowest BCUT2D eigenvalue weighted by atomic mass is 9.87. The van der Waals surface area contributed by atoms with Crippen molar-refractivity contribution in [3.8, 4) is 0 Å². The summed E-state index contributed by atoms with van der Waals surface area (Å²) in [5, 5.41) is 61.1. The number of nitrogens with one attached hydrogen (secondary N) is 4. The van der Waals surface area contributed by atoms with E-state index in [1.807, 2.05) is 0 Å². The number of nitrogens with two attached hydrogens (primary N) is 2. The third-order valence-electron chi connectivity index (χ3n) is 14.7. The second-order valence-corrected chi connectivity index (χ2v) is 38.9. The minimum Gasteiger partial charge on any atom is -0.481 e. The SMILES string of the molecule is CC(=O)[SH](CCNC(=O)CCNC(=O)C(O)C(C)(C)COP(=O)(O)OP(=O)(O)OC[C@H]1O[C@@H](n2cnc3c(N)ncnc32)[C@H](O)[C@@H]1OP(=O)(O)O)[SH](CCNC(=O)CCNC(=O)C(O)C(C)(C)COP(=O)(O)OP(=O)(O)OC[C@H]1O[C@@H](n2cnc3c(N)ncnc32)[C@H](O)[C@@H]1OP(=O)(O)O)C(=O)CC(=O)O. The van der Waals surface area contributed by atoms with E-state index in [4.69, 9.17) is 39.0 Å². The van der Waals surface area contributed by atoms with Crippen molar-refractivity contribution in [1.82, 2.24) is 60.3 Å². The summed E-state index contributed by atoms with van der Waals surface area (Å²) in [6.45, 7) is -0.311. The molecule has 2 fully saturated rings. The number of hydrogen-bond acceptors (Lipinski definition) is 35. The number of carboxylic acids is 1. The van der Waals surface area contributed by atoms with Gasteiger partial charge < -0.3 is 107 Å². The third-order valence-corrected chi connectivity index (χ3v) is 28.7. The number of aliphatic hydroxyl groups is 4. The van der Waals surface area contributed by atoms with Crippen LogP contribution >= 0.6 is 66.8 Å². The monoisotopic (exact) mass is 1660 g/mol. The summed E-state index contributed by atoms with van der Waals surface area (Å²) in [7, 11) is -37.8. The molecule has 0 spiro atoms. The van der Waals surface area contributed by atoms with E-state index in [0.717, 1.165) is 69.1 Å².